The topological polar surface area (TPSA) is 41.1 Å². The maximum absolute atomic E-state index is 12.0. The van der Waals surface area contributed by atoms with Gasteiger partial charge in [-0.3, -0.25) is 4.79 Å². The standard InChI is InChI=1S/C15H30N2O/c1-4-14(13-9-7-6-8-10-13)17-15(18)11-12(3)16-5-2/h12-14,16H,4-11H2,1-3H3,(H,17,18). The molecule has 2 unspecified atom stereocenters. The van der Waals surface area contributed by atoms with Crippen LogP contribution in [0.2, 0.25) is 0 Å². The van der Waals surface area contributed by atoms with Gasteiger partial charge in [0.15, 0.2) is 0 Å². The Morgan fingerprint density at radius 2 is 1.89 bits per heavy atom. The van der Waals surface area contributed by atoms with Gasteiger partial charge >= 0.3 is 0 Å². The first-order valence-electron chi connectivity index (χ1n) is 7.70. The van der Waals surface area contributed by atoms with Crippen LogP contribution in [0.5, 0.6) is 0 Å². The van der Waals surface area contributed by atoms with Crippen molar-refractivity contribution < 1.29 is 4.79 Å². The van der Waals surface area contributed by atoms with Crippen molar-refractivity contribution in [2.75, 3.05) is 6.54 Å². The van der Waals surface area contributed by atoms with Gasteiger partial charge in [-0.2, -0.15) is 0 Å². The molecule has 0 spiro atoms. The van der Waals surface area contributed by atoms with Gasteiger partial charge in [0.25, 0.3) is 0 Å². The Labute approximate surface area is 112 Å². The number of nitrogens with one attached hydrogen (secondary N) is 2. The molecule has 3 heteroatoms. The van der Waals surface area contributed by atoms with Crippen LogP contribution in [0, 0.1) is 5.92 Å². The monoisotopic (exact) mass is 254 g/mol. The molecular weight excluding hydrogens is 224 g/mol. The highest BCUT2D eigenvalue weighted by Gasteiger charge is 2.23. The summed E-state index contributed by atoms with van der Waals surface area (Å²) in [7, 11) is 0. The van der Waals surface area contributed by atoms with Crippen LogP contribution < -0.4 is 10.6 Å². The predicted octanol–water partition coefficient (Wildman–Crippen LogP) is 2.85. The van der Waals surface area contributed by atoms with Crippen molar-refractivity contribution in [2.24, 2.45) is 5.92 Å². The van der Waals surface area contributed by atoms with E-state index >= 15 is 0 Å². The summed E-state index contributed by atoms with van der Waals surface area (Å²) in [6, 6.07) is 0.672. The molecule has 0 heterocycles. The molecule has 18 heavy (non-hydrogen) atoms. The normalized spacial score (nSPS) is 20.4. The molecule has 0 aromatic heterocycles. The Morgan fingerprint density at radius 1 is 1.22 bits per heavy atom. The molecule has 1 saturated carbocycles. The van der Waals surface area contributed by atoms with Gasteiger partial charge in [-0.15, -0.1) is 0 Å². The van der Waals surface area contributed by atoms with E-state index < -0.39 is 0 Å². The minimum atomic E-state index is 0.209. The molecule has 2 N–H and O–H groups in total. The maximum Gasteiger partial charge on any atom is 0.221 e. The van der Waals surface area contributed by atoms with Crippen LogP contribution in [0.3, 0.4) is 0 Å². The first-order chi connectivity index (χ1) is 8.67. The van der Waals surface area contributed by atoms with Crippen LogP contribution >= 0.6 is 0 Å². The van der Waals surface area contributed by atoms with Crippen molar-refractivity contribution in [3.8, 4) is 0 Å². The molecule has 1 aliphatic carbocycles. The highest BCUT2D eigenvalue weighted by atomic mass is 16.1. The number of amides is 1. The Morgan fingerprint density at radius 3 is 2.44 bits per heavy atom. The first kappa shape index (κ1) is 15.5. The summed E-state index contributed by atoms with van der Waals surface area (Å²) in [6.07, 6.45) is 8.29. The third-order valence-corrected chi connectivity index (χ3v) is 4.05. The van der Waals surface area contributed by atoms with E-state index in [0.717, 1.165) is 13.0 Å². The van der Waals surface area contributed by atoms with Gasteiger partial charge in [-0.1, -0.05) is 33.1 Å². The second-order valence-corrected chi connectivity index (χ2v) is 5.64. The average molecular weight is 254 g/mol. The van der Waals surface area contributed by atoms with Crippen LogP contribution in [0.15, 0.2) is 0 Å². The number of hydrogen-bond donors (Lipinski definition) is 2. The van der Waals surface area contributed by atoms with Crippen molar-refractivity contribution in [2.45, 2.75) is 77.8 Å². The molecule has 0 saturated heterocycles. The average Bonchev–Trinajstić information content (AvgIpc) is 2.37. The van der Waals surface area contributed by atoms with E-state index in [1.165, 1.54) is 32.1 Å². The Bertz CT molecular complexity index is 237. The minimum absolute atomic E-state index is 0.209. The van der Waals surface area contributed by atoms with E-state index in [-0.39, 0.29) is 11.9 Å². The molecule has 0 aromatic rings. The minimum Gasteiger partial charge on any atom is -0.353 e. The largest absolute Gasteiger partial charge is 0.353 e. The molecule has 1 rings (SSSR count). The number of hydrogen-bond acceptors (Lipinski definition) is 2. The molecular formula is C15H30N2O. The van der Waals surface area contributed by atoms with Crippen LogP contribution in [0.25, 0.3) is 0 Å². The first-order valence-corrected chi connectivity index (χ1v) is 7.70. The molecule has 2 atom stereocenters. The third-order valence-electron chi connectivity index (χ3n) is 4.05. The number of rotatable bonds is 7. The summed E-state index contributed by atoms with van der Waals surface area (Å²) < 4.78 is 0. The van der Waals surface area contributed by atoms with Crippen LogP contribution in [-0.2, 0) is 4.79 Å². The molecule has 3 nitrogen and oxygen atoms in total. The van der Waals surface area contributed by atoms with E-state index in [9.17, 15) is 4.79 Å². The summed E-state index contributed by atoms with van der Waals surface area (Å²) in [4.78, 5) is 12.0. The zero-order valence-corrected chi connectivity index (χ0v) is 12.3. The van der Waals surface area contributed by atoms with Crippen molar-refractivity contribution in [1.82, 2.24) is 10.6 Å². The lowest BCUT2D eigenvalue weighted by Crippen LogP contribution is -2.43. The van der Waals surface area contributed by atoms with Gasteiger partial charge in [-0.05, 0) is 38.6 Å². The lowest BCUT2D eigenvalue weighted by molar-refractivity contribution is -0.122. The third kappa shape index (κ3) is 5.38. The second-order valence-electron chi connectivity index (χ2n) is 5.64. The SMILES string of the molecule is CCNC(C)CC(=O)NC(CC)C1CCCCC1. The fraction of sp³-hybridized carbons (Fsp3) is 0.933. The smallest absolute Gasteiger partial charge is 0.221 e. The van der Waals surface area contributed by atoms with Crippen molar-refractivity contribution in [3.05, 3.63) is 0 Å². The highest BCUT2D eigenvalue weighted by Crippen LogP contribution is 2.27. The number of carbonyl (C=O) groups is 1. The van der Waals surface area contributed by atoms with Gasteiger partial charge in [0.2, 0.25) is 5.91 Å². The van der Waals surface area contributed by atoms with Crippen LogP contribution in [0.4, 0.5) is 0 Å². The summed E-state index contributed by atoms with van der Waals surface area (Å²) in [5.41, 5.74) is 0. The fourth-order valence-electron chi connectivity index (χ4n) is 3.05. The molecule has 106 valence electrons. The zero-order chi connectivity index (χ0) is 13.4. The van der Waals surface area contributed by atoms with Gasteiger partial charge in [0, 0.05) is 18.5 Å². The predicted molar refractivity (Wildman–Crippen MR) is 76.6 cm³/mol. The van der Waals surface area contributed by atoms with Crippen LogP contribution in [-0.4, -0.2) is 24.5 Å². The summed E-state index contributed by atoms with van der Waals surface area (Å²) >= 11 is 0. The van der Waals surface area contributed by atoms with Gasteiger partial charge in [0.1, 0.15) is 0 Å². The molecule has 0 bridgehead atoms. The molecule has 1 aliphatic rings. The summed E-state index contributed by atoms with van der Waals surface area (Å²) in [6.45, 7) is 7.26. The summed E-state index contributed by atoms with van der Waals surface area (Å²) in [5.74, 6) is 0.919. The van der Waals surface area contributed by atoms with Crippen molar-refractivity contribution >= 4 is 5.91 Å². The Balaban J connectivity index is 2.34. The highest BCUT2D eigenvalue weighted by molar-refractivity contribution is 5.76. The summed E-state index contributed by atoms with van der Waals surface area (Å²) in [5, 5.41) is 6.53. The quantitative estimate of drug-likeness (QED) is 0.733. The Kier molecular flexibility index (Phi) is 7.33. The van der Waals surface area contributed by atoms with E-state index in [4.69, 9.17) is 0 Å². The fourth-order valence-corrected chi connectivity index (χ4v) is 3.05. The lowest BCUT2D eigenvalue weighted by atomic mass is 9.83. The van der Waals surface area contributed by atoms with Crippen molar-refractivity contribution in [3.63, 3.8) is 0 Å². The molecule has 0 aliphatic heterocycles. The maximum atomic E-state index is 12.0. The van der Waals surface area contributed by atoms with Crippen molar-refractivity contribution in [1.29, 1.82) is 0 Å². The molecule has 0 aromatic carbocycles. The second kappa shape index (κ2) is 8.52. The molecule has 0 radical (unpaired) electrons. The molecule has 1 amide bonds. The van der Waals surface area contributed by atoms with Crippen LogP contribution in [0.1, 0.15) is 65.7 Å². The van der Waals surface area contributed by atoms with Gasteiger partial charge < -0.3 is 10.6 Å². The Hall–Kier alpha value is -0.570. The zero-order valence-electron chi connectivity index (χ0n) is 12.3. The number of carbonyl (C=O) groups excluding carboxylic acids is 1. The lowest BCUT2D eigenvalue weighted by Gasteiger charge is -2.30. The van der Waals surface area contributed by atoms with E-state index in [1.54, 1.807) is 0 Å². The van der Waals surface area contributed by atoms with E-state index in [2.05, 4.69) is 31.4 Å². The molecule has 1 fully saturated rings. The van der Waals surface area contributed by atoms with Gasteiger partial charge in [-0.25, -0.2) is 0 Å². The van der Waals surface area contributed by atoms with Gasteiger partial charge in [0.05, 0.1) is 0 Å². The van der Waals surface area contributed by atoms with E-state index in [0.29, 0.717) is 18.4 Å². The van der Waals surface area contributed by atoms with E-state index in [1.807, 2.05) is 0 Å².